The molecule has 1 amide bonds. The standard InChI is InChI=1S/C16H17N3O4S/c1-23-10-5-6-11-9(7-10)3-2-4-12(11)18-19-16-17-15(22)13(24-16)8-14(20)21/h5-7,13H,2-4,8H2,1H3,(H,20,21)(H,17,19,22). The van der Waals surface area contributed by atoms with E-state index in [2.05, 4.69) is 15.5 Å². The maximum absolute atomic E-state index is 11.7. The molecular formula is C16H17N3O4S. The first-order chi connectivity index (χ1) is 11.6. The smallest absolute Gasteiger partial charge is 0.305 e. The van der Waals surface area contributed by atoms with Gasteiger partial charge in [-0.05, 0) is 43.0 Å². The number of hydrogen-bond donors (Lipinski definition) is 2. The molecule has 0 spiro atoms. The molecule has 0 aromatic heterocycles. The van der Waals surface area contributed by atoms with Crippen molar-refractivity contribution in [1.82, 2.24) is 5.32 Å². The molecule has 0 bridgehead atoms. The molecule has 126 valence electrons. The maximum atomic E-state index is 11.7. The van der Waals surface area contributed by atoms with E-state index in [1.54, 1.807) is 7.11 Å². The van der Waals surface area contributed by atoms with Crippen molar-refractivity contribution >= 4 is 34.5 Å². The lowest BCUT2D eigenvalue weighted by molar-refractivity contribution is -0.138. The van der Waals surface area contributed by atoms with Crippen molar-refractivity contribution in [3.8, 4) is 5.75 Å². The van der Waals surface area contributed by atoms with Crippen LogP contribution in [0.5, 0.6) is 5.75 Å². The van der Waals surface area contributed by atoms with Gasteiger partial charge < -0.3 is 15.2 Å². The van der Waals surface area contributed by atoms with Crippen molar-refractivity contribution < 1.29 is 19.4 Å². The Labute approximate surface area is 143 Å². The van der Waals surface area contributed by atoms with Crippen LogP contribution < -0.4 is 10.1 Å². The summed E-state index contributed by atoms with van der Waals surface area (Å²) in [6.07, 6.45) is 2.53. The summed E-state index contributed by atoms with van der Waals surface area (Å²) in [7, 11) is 1.64. The highest BCUT2D eigenvalue weighted by atomic mass is 32.2. The van der Waals surface area contributed by atoms with Gasteiger partial charge in [0.1, 0.15) is 11.0 Å². The summed E-state index contributed by atoms with van der Waals surface area (Å²) in [5.74, 6) is -0.531. The minimum Gasteiger partial charge on any atom is -0.497 e. The summed E-state index contributed by atoms with van der Waals surface area (Å²) < 4.78 is 5.25. The second-order valence-corrected chi connectivity index (χ2v) is 6.71. The topological polar surface area (TPSA) is 100 Å². The van der Waals surface area contributed by atoms with Gasteiger partial charge in [-0.15, -0.1) is 5.10 Å². The van der Waals surface area contributed by atoms with E-state index in [4.69, 9.17) is 9.84 Å². The summed E-state index contributed by atoms with van der Waals surface area (Å²) in [5.41, 5.74) is 3.08. The van der Waals surface area contributed by atoms with Gasteiger partial charge >= 0.3 is 5.97 Å². The van der Waals surface area contributed by atoms with Crippen molar-refractivity contribution in [1.29, 1.82) is 0 Å². The first-order valence-electron chi connectivity index (χ1n) is 7.58. The third-order valence-corrected chi connectivity index (χ3v) is 4.95. The Morgan fingerprint density at radius 1 is 1.42 bits per heavy atom. The average Bonchev–Trinajstić information content (AvgIpc) is 2.91. The SMILES string of the molecule is COc1ccc2c(c1)CCCC2=N/N=C1/NC(=O)C(CC(=O)O)S1. The number of fused-ring (bicyclic) bond motifs is 1. The number of carbonyl (C=O) groups is 2. The molecule has 1 aromatic rings. The van der Waals surface area contributed by atoms with E-state index in [0.717, 1.165) is 48.0 Å². The molecule has 1 unspecified atom stereocenters. The van der Waals surface area contributed by atoms with E-state index in [-0.39, 0.29) is 12.3 Å². The van der Waals surface area contributed by atoms with Gasteiger partial charge in [-0.2, -0.15) is 5.10 Å². The summed E-state index contributed by atoms with van der Waals surface area (Å²) in [5, 5.41) is 19.5. The fourth-order valence-corrected chi connectivity index (χ4v) is 3.63. The predicted molar refractivity (Wildman–Crippen MR) is 91.7 cm³/mol. The Morgan fingerprint density at radius 2 is 2.25 bits per heavy atom. The van der Waals surface area contributed by atoms with Crippen LogP contribution in [0.4, 0.5) is 0 Å². The zero-order chi connectivity index (χ0) is 17.1. The van der Waals surface area contributed by atoms with Gasteiger partial charge in [0.25, 0.3) is 0 Å². The van der Waals surface area contributed by atoms with Crippen molar-refractivity contribution in [2.75, 3.05) is 7.11 Å². The largest absolute Gasteiger partial charge is 0.497 e. The Hall–Kier alpha value is -2.35. The third kappa shape index (κ3) is 3.59. The first-order valence-corrected chi connectivity index (χ1v) is 8.46. The highest BCUT2D eigenvalue weighted by Crippen LogP contribution is 2.27. The molecule has 1 aliphatic carbocycles. The first kappa shape index (κ1) is 16.5. The number of ether oxygens (including phenoxy) is 1. The normalized spacial score (nSPS) is 23.2. The Bertz CT molecular complexity index is 745. The lowest BCUT2D eigenvalue weighted by Crippen LogP contribution is -2.26. The van der Waals surface area contributed by atoms with Gasteiger partial charge in [0.15, 0.2) is 5.17 Å². The van der Waals surface area contributed by atoms with E-state index in [1.165, 1.54) is 5.56 Å². The lowest BCUT2D eigenvalue weighted by Gasteiger charge is -2.17. The number of amidine groups is 1. The number of carbonyl (C=O) groups excluding carboxylic acids is 1. The number of methoxy groups -OCH3 is 1. The molecule has 1 saturated heterocycles. The molecule has 1 fully saturated rings. The molecule has 1 aromatic carbocycles. The third-order valence-electron chi connectivity index (χ3n) is 3.88. The van der Waals surface area contributed by atoms with Gasteiger partial charge in [-0.3, -0.25) is 9.59 Å². The molecule has 24 heavy (non-hydrogen) atoms. The van der Waals surface area contributed by atoms with Crippen molar-refractivity contribution in [2.24, 2.45) is 10.2 Å². The number of rotatable bonds is 4. The van der Waals surface area contributed by atoms with Gasteiger partial charge in [0, 0.05) is 5.56 Å². The molecule has 2 aliphatic rings. The average molecular weight is 347 g/mol. The Kier molecular flexibility index (Phi) is 4.84. The minimum atomic E-state index is -1.01. The quantitative estimate of drug-likeness (QED) is 0.809. The number of thioether (sulfide) groups is 1. The van der Waals surface area contributed by atoms with Crippen molar-refractivity contribution in [3.63, 3.8) is 0 Å². The van der Waals surface area contributed by atoms with E-state index in [0.29, 0.717) is 5.17 Å². The number of nitrogens with one attached hydrogen (secondary N) is 1. The fraction of sp³-hybridized carbons (Fsp3) is 0.375. The number of carboxylic acids is 1. The lowest BCUT2D eigenvalue weighted by atomic mass is 9.90. The predicted octanol–water partition coefficient (Wildman–Crippen LogP) is 1.80. The van der Waals surface area contributed by atoms with Crippen LogP contribution in [0.3, 0.4) is 0 Å². The van der Waals surface area contributed by atoms with E-state index in [9.17, 15) is 9.59 Å². The number of aryl methyl sites for hydroxylation is 1. The van der Waals surface area contributed by atoms with Crippen LogP contribution in [0.25, 0.3) is 0 Å². The second kappa shape index (κ2) is 7.04. The van der Waals surface area contributed by atoms with Gasteiger partial charge in [0.05, 0.1) is 19.2 Å². The summed E-state index contributed by atoms with van der Waals surface area (Å²) >= 11 is 1.10. The molecular weight excluding hydrogens is 330 g/mol. The van der Waals surface area contributed by atoms with Crippen LogP contribution in [0.15, 0.2) is 28.4 Å². The van der Waals surface area contributed by atoms with E-state index in [1.807, 2.05) is 18.2 Å². The van der Waals surface area contributed by atoms with Gasteiger partial charge in [0.2, 0.25) is 5.91 Å². The Balaban J connectivity index is 1.79. The molecule has 1 aliphatic heterocycles. The van der Waals surface area contributed by atoms with E-state index < -0.39 is 11.2 Å². The van der Waals surface area contributed by atoms with Crippen LogP contribution in [0.1, 0.15) is 30.4 Å². The van der Waals surface area contributed by atoms with Gasteiger partial charge in [-0.1, -0.05) is 11.8 Å². The number of aliphatic carboxylic acids is 1. The van der Waals surface area contributed by atoms with Crippen LogP contribution >= 0.6 is 11.8 Å². The zero-order valence-corrected chi connectivity index (χ0v) is 13.9. The number of nitrogens with zero attached hydrogens (tertiary/aromatic N) is 2. The summed E-state index contributed by atoms with van der Waals surface area (Å²) in [6, 6.07) is 5.87. The van der Waals surface area contributed by atoms with Crippen LogP contribution in [0, 0.1) is 0 Å². The maximum Gasteiger partial charge on any atom is 0.305 e. The number of amides is 1. The molecule has 8 heteroatoms. The van der Waals surface area contributed by atoms with Crippen LogP contribution in [-0.2, 0) is 16.0 Å². The summed E-state index contributed by atoms with van der Waals surface area (Å²) in [4.78, 5) is 22.4. The highest BCUT2D eigenvalue weighted by Gasteiger charge is 2.32. The number of carboxylic acid groups (broad SMARTS) is 1. The van der Waals surface area contributed by atoms with Gasteiger partial charge in [-0.25, -0.2) is 0 Å². The van der Waals surface area contributed by atoms with E-state index >= 15 is 0 Å². The molecule has 1 heterocycles. The Morgan fingerprint density at radius 3 is 3.00 bits per heavy atom. The fourth-order valence-electron chi connectivity index (χ4n) is 2.72. The molecule has 2 N–H and O–H groups in total. The van der Waals surface area contributed by atoms with Crippen molar-refractivity contribution in [2.45, 2.75) is 30.9 Å². The number of benzene rings is 1. The second-order valence-electron chi connectivity index (χ2n) is 5.52. The molecule has 0 radical (unpaired) electrons. The molecule has 3 rings (SSSR count). The minimum absolute atomic E-state index is 0.227. The van der Waals surface area contributed by atoms with Crippen LogP contribution in [0.2, 0.25) is 0 Å². The molecule has 1 atom stereocenters. The molecule has 0 saturated carbocycles. The summed E-state index contributed by atoms with van der Waals surface area (Å²) in [6.45, 7) is 0. The monoisotopic (exact) mass is 347 g/mol. The highest BCUT2D eigenvalue weighted by molar-refractivity contribution is 8.15. The molecule has 7 nitrogen and oxygen atoms in total. The number of hydrogen-bond acceptors (Lipinski definition) is 6. The zero-order valence-electron chi connectivity index (χ0n) is 13.1. The van der Waals surface area contributed by atoms with Crippen LogP contribution in [-0.4, -0.2) is 40.2 Å². The van der Waals surface area contributed by atoms with Crippen molar-refractivity contribution in [3.05, 3.63) is 29.3 Å².